The zero-order valence-electron chi connectivity index (χ0n) is 14.8. The van der Waals surface area contributed by atoms with E-state index in [1.165, 1.54) is 11.3 Å². The number of hydrogen-bond acceptors (Lipinski definition) is 4. The molecule has 0 radical (unpaired) electrons. The molecule has 1 aromatic heterocycles. The summed E-state index contributed by atoms with van der Waals surface area (Å²) in [6.07, 6.45) is 7.25. The maximum atomic E-state index is 11.4. The molecule has 7 nitrogen and oxygen atoms in total. The van der Waals surface area contributed by atoms with Crippen LogP contribution in [0.2, 0.25) is 0 Å². The van der Waals surface area contributed by atoms with Crippen LogP contribution in [0.25, 0.3) is 9.81 Å². The number of halogens is 6. The summed E-state index contributed by atoms with van der Waals surface area (Å²) in [5, 5.41) is 0. The van der Waals surface area contributed by atoms with Gasteiger partial charge in [-0.15, -0.1) is 0 Å². The first-order valence-electron chi connectivity index (χ1n) is 7.49. The van der Waals surface area contributed by atoms with Crippen molar-refractivity contribution < 1.29 is 47.7 Å². The molecule has 0 unspecified atom stereocenters. The average molecular weight is 467 g/mol. The van der Waals surface area contributed by atoms with Crippen LogP contribution in [0.1, 0.15) is 12.5 Å². The Balaban J connectivity index is 0.000000290. The SMILES string of the molecule is CCc1ccc(-n2cc[n+](C)c2)cc1.O=S(=O)([N-]S(=O)(=O)C(F)(F)F)C(F)(F)F. The van der Waals surface area contributed by atoms with E-state index >= 15 is 0 Å². The Labute approximate surface area is 162 Å². The van der Waals surface area contributed by atoms with Gasteiger partial charge in [-0.2, -0.15) is 26.3 Å². The molecular weight excluding hydrogens is 452 g/mol. The number of sulfonamides is 2. The van der Waals surface area contributed by atoms with Crippen LogP contribution in [-0.2, 0) is 33.5 Å². The van der Waals surface area contributed by atoms with Crippen LogP contribution in [0.4, 0.5) is 26.3 Å². The molecule has 0 atom stereocenters. The molecular formula is C14H15F6N3O4S2. The summed E-state index contributed by atoms with van der Waals surface area (Å²) in [6, 6.07) is 8.66. The van der Waals surface area contributed by atoms with Gasteiger partial charge in [0.15, 0.2) is 20.0 Å². The topological polar surface area (TPSA) is 91.2 Å². The van der Waals surface area contributed by atoms with Crippen LogP contribution in [0.15, 0.2) is 43.0 Å². The fourth-order valence-electron chi connectivity index (χ4n) is 1.72. The van der Waals surface area contributed by atoms with Crippen LogP contribution in [0, 0.1) is 0 Å². The summed E-state index contributed by atoms with van der Waals surface area (Å²) in [5.74, 6) is 0. The highest BCUT2D eigenvalue weighted by atomic mass is 32.3. The van der Waals surface area contributed by atoms with E-state index in [0.717, 1.165) is 10.5 Å². The van der Waals surface area contributed by atoms with Crippen LogP contribution >= 0.6 is 0 Å². The molecule has 1 heterocycles. The summed E-state index contributed by atoms with van der Waals surface area (Å²) in [6.45, 7) is 2.17. The molecule has 0 aliphatic rings. The molecule has 164 valence electrons. The van der Waals surface area contributed by atoms with E-state index in [0.29, 0.717) is 0 Å². The molecule has 1 aromatic carbocycles. The first-order valence-corrected chi connectivity index (χ1v) is 10.4. The van der Waals surface area contributed by atoms with E-state index in [9.17, 15) is 43.2 Å². The second-order valence-corrected chi connectivity index (χ2v) is 8.84. The maximum Gasteiger partial charge on any atom is 0.480 e. The third-order valence-corrected chi connectivity index (χ3v) is 5.93. The minimum Gasteiger partial charge on any atom is -0.421 e. The van der Waals surface area contributed by atoms with Gasteiger partial charge < -0.3 is 4.13 Å². The van der Waals surface area contributed by atoms with Gasteiger partial charge in [0.05, 0.1) is 7.05 Å². The molecule has 0 N–H and O–H groups in total. The number of aryl methyl sites for hydroxylation is 2. The molecule has 0 saturated carbocycles. The van der Waals surface area contributed by atoms with Gasteiger partial charge in [-0.3, -0.25) is 0 Å². The molecule has 2 aromatic rings. The van der Waals surface area contributed by atoms with Crippen molar-refractivity contribution in [1.82, 2.24) is 4.57 Å². The Kier molecular flexibility index (Phi) is 7.48. The van der Waals surface area contributed by atoms with Crippen molar-refractivity contribution in [3.8, 4) is 5.69 Å². The fraction of sp³-hybridized carbons (Fsp3) is 0.357. The summed E-state index contributed by atoms with van der Waals surface area (Å²) in [5.41, 5.74) is -9.82. The Morgan fingerprint density at radius 1 is 0.931 bits per heavy atom. The highest BCUT2D eigenvalue weighted by molar-refractivity contribution is 8.13. The van der Waals surface area contributed by atoms with E-state index in [2.05, 4.69) is 48.3 Å². The maximum absolute atomic E-state index is 11.4. The van der Waals surface area contributed by atoms with Gasteiger partial charge in [-0.05, 0) is 24.1 Å². The van der Waals surface area contributed by atoms with Gasteiger partial charge in [0.25, 0.3) is 0 Å². The zero-order valence-corrected chi connectivity index (χ0v) is 16.4. The largest absolute Gasteiger partial charge is 0.480 e. The van der Waals surface area contributed by atoms with Gasteiger partial charge >= 0.3 is 11.0 Å². The van der Waals surface area contributed by atoms with Crippen molar-refractivity contribution in [3.05, 3.63) is 52.7 Å². The molecule has 0 saturated heterocycles. The third-order valence-electron chi connectivity index (χ3n) is 3.19. The smallest absolute Gasteiger partial charge is 0.421 e. The first kappa shape index (κ1) is 24.9. The number of aromatic nitrogens is 2. The standard InChI is InChI=1S/C12H15N2.C2F6NO4S2/c1-3-11-4-6-12(7-5-11)14-9-8-13(2)10-14;3-1(4,5)14(10,11)9-15(12,13)2(6,7)8/h4-10H,3H2,1-2H3;/q+1;-1. The zero-order chi connectivity index (χ0) is 22.7. The Bertz CT molecular complexity index is 985. The normalized spacial score (nSPS) is 13.0. The minimum atomic E-state index is -6.72. The molecule has 2 rings (SSSR count). The van der Waals surface area contributed by atoms with Crippen LogP contribution in [-0.4, -0.2) is 32.4 Å². The van der Waals surface area contributed by atoms with Gasteiger partial charge in [0, 0.05) is 0 Å². The van der Waals surface area contributed by atoms with Crippen molar-refractivity contribution >= 4 is 20.0 Å². The lowest BCUT2D eigenvalue weighted by molar-refractivity contribution is -0.670. The summed E-state index contributed by atoms with van der Waals surface area (Å²) >= 11 is 0. The second-order valence-electron chi connectivity index (χ2n) is 5.42. The molecule has 29 heavy (non-hydrogen) atoms. The van der Waals surface area contributed by atoms with Crippen molar-refractivity contribution in [2.75, 3.05) is 0 Å². The molecule has 0 fully saturated rings. The minimum absolute atomic E-state index is 0.778. The highest BCUT2D eigenvalue weighted by Gasteiger charge is 2.46. The predicted octanol–water partition coefficient (Wildman–Crippen LogP) is 2.92. The van der Waals surface area contributed by atoms with E-state index in [1.807, 2.05) is 17.8 Å². The number of rotatable bonds is 4. The molecule has 15 heteroatoms. The summed E-state index contributed by atoms with van der Waals surface area (Å²) in [4.78, 5) is 0. The van der Waals surface area contributed by atoms with E-state index in [-0.39, 0.29) is 0 Å². The van der Waals surface area contributed by atoms with E-state index < -0.39 is 31.1 Å². The Hall–Kier alpha value is -2.13. The predicted molar refractivity (Wildman–Crippen MR) is 89.6 cm³/mol. The summed E-state index contributed by atoms with van der Waals surface area (Å²) in [7, 11) is -11.4. The van der Waals surface area contributed by atoms with E-state index in [1.54, 1.807) is 0 Å². The first-order chi connectivity index (χ1) is 13.0. The van der Waals surface area contributed by atoms with Crippen molar-refractivity contribution in [3.63, 3.8) is 0 Å². The van der Waals surface area contributed by atoms with Crippen molar-refractivity contribution in [2.45, 2.75) is 24.4 Å². The van der Waals surface area contributed by atoms with Gasteiger partial charge in [-0.25, -0.2) is 26.0 Å². The van der Waals surface area contributed by atoms with Gasteiger partial charge in [0.1, 0.15) is 18.1 Å². The number of hydrogen-bond donors (Lipinski definition) is 0. The quantitative estimate of drug-likeness (QED) is 0.511. The highest BCUT2D eigenvalue weighted by Crippen LogP contribution is 2.36. The van der Waals surface area contributed by atoms with Crippen LogP contribution in [0.5, 0.6) is 0 Å². The Morgan fingerprint density at radius 2 is 1.38 bits per heavy atom. The van der Waals surface area contributed by atoms with Crippen molar-refractivity contribution in [1.29, 1.82) is 0 Å². The van der Waals surface area contributed by atoms with Crippen LogP contribution in [0.3, 0.4) is 0 Å². The summed E-state index contributed by atoms with van der Waals surface area (Å²) < 4.78 is 113. The number of imidazole rings is 1. The Morgan fingerprint density at radius 3 is 1.69 bits per heavy atom. The third kappa shape index (κ3) is 6.71. The molecule has 0 aliphatic carbocycles. The number of alkyl halides is 6. The second kappa shape index (κ2) is 8.71. The molecule has 0 aliphatic heterocycles. The lowest BCUT2D eigenvalue weighted by Gasteiger charge is -2.22. The lowest BCUT2D eigenvalue weighted by Crippen LogP contribution is -2.30. The lowest BCUT2D eigenvalue weighted by atomic mass is 10.1. The van der Waals surface area contributed by atoms with Gasteiger partial charge in [-0.1, -0.05) is 19.1 Å². The number of benzene rings is 1. The fourth-order valence-corrected chi connectivity index (χ4v) is 3.43. The van der Waals surface area contributed by atoms with Gasteiger partial charge in [0.2, 0.25) is 6.33 Å². The monoisotopic (exact) mass is 467 g/mol. The van der Waals surface area contributed by atoms with Crippen molar-refractivity contribution in [2.24, 2.45) is 7.05 Å². The van der Waals surface area contributed by atoms with Crippen LogP contribution < -0.4 is 4.57 Å². The average Bonchev–Trinajstić information content (AvgIpc) is 2.99. The number of nitrogens with zero attached hydrogens (tertiary/aromatic N) is 3. The molecule has 0 bridgehead atoms. The van der Waals surface area contributed by atoms with E-state index in [4.69, 9.17) is 0 Å². The molecule has 0 amide bonds. The molecule has 0 spiro atoms.